The van der Waals surface area contributed by atoms with Crippen molar-refractivity contribution in [3.8, 4) is 5.69 Å². The highest BCUT2D eigenvalue weighted by molar-refractivity contribution is 7.92. The van der Waals surface area contributed by atoms with Crippen molar-refractivity contribution in [2.75, 3.05) is 18.4 Å². The predicted octanol–water partition coefficient (Wildman–Crippen LogP) is 2.64. The van der Waals surface area contributed by atoms with E-state index in [9.17, 15) is 18.0 Å². The molecule has 1 N–H and O–H groups in total. The Morgan fingerprint density at radius 3 is 2.27 bits per heavy atom. The maximum atomic E-state index is 12.6. The van der Waals surface area contributed by atoms with Gasteiger partial charge in [-0.2, -0.15) is 5.10 Å². The standard InChI is InChI=1S/C20H19N3O6S/c1-3-29-20(25)18-12-13-23(21-18)16-8-6-15(7-9-16)22-30(26,27)17-10-4-14(5-11-17)19(24)28-2/h4-13,22H,3H2,1-2H3. The lowest BCUT2D eigenvalue weighted by molar-refractivity contribution is 0.0518. The van der Waals surface area contributed by atoms with Crippen LogP contribution in [0, 0.1) is 0 Å². The van der Waals surface area contributed by atoms with E-state index in [0.29, 0.717) is 11.4 Å². The van der Waals surface area contributed by atoms with Crippen LogP contribution in [0.3, 0.4) is 0 Å². The fraction of sp³-hybridized carbons (Fsp3) is 0.150. The number of rotatable bonds is 7. The van der Waals surface area contributed by atoms with Crippen LogP contribution in [0.5, 0.6) is 0 Å². The number of nitrogens with zero attached hydrogens (tertiary/aromatic N) is 2. The van der Waals surface area contributed by atoms with Gasteiger partial charge in [-0.1, -0.05) is 0 Å². The molecular weight excluding hydrogens is 410 g/mol. The third kappa shape index (κ3) is 4.66. The minimum absolute atomic E-state index is 0.00499. The van der Waals surface area contributed by atoms with Crippen LogP contribution in [-0.4, -0.2) is 43.9 Å². The summed E-state index contributed by atoms with van der Waals surface area (Å²) in [6.07, 6.45) is 1.61. The van der Waals surface area contributed by atoms with Crippen molar-refractivity contribution < 1.29 is 27.5 Å². The molecular formula is C20H19N3O6S. The van der Waals surface area contributed by atoms with Crippen molar-refractivity contribution in [3.05, 3.63) is 72.1 Å². The van der Waals surface area contributed by atoms with Gasteiger partial charge in [-0.3, -0.25) is 4.72 Å². The summed E-state index contributed by atoms with van der Waals surface area (Å²) in [5, 5.41) is 4.15. The molecule has 0 saturated heterocycles. The third-order valence-corrected chi connectivity index (χ3v) is 5.44. The molecule has 30 heavy (non-hydrogen) atoms. The zero-order chi connectivity index (χ0) is 21.7. The number of carbonyl (C=O) groups is 2. The molecule has 0 atom stereocenters. The van der Waals surface area contributed by atoms with Crippen LogP contribution in [0.4, 0.5) is 5.69 Å². The molecule has 0 saturated carbocycles. The minimum Gasteiger partial charge on any atom is -0.465 e. The van der Waals surface area contributed by atoms with Crippen molar-refractivity contribution in [2.24, 2.45) is 0 Å². The van der Waals surface area contributed by atoms with Crippen LogP contribution in [-0.2, 0) is 19.5 Å². The first-order valence-electron chi connectivity index (χ1n) is 8.88. The van der Waals surface area contributed by atoms with Gasteiger partial charge in [-0.05, 0) is 61.5 Å². The van der Waals surface area contributed by atoms with E-state index in [0.717, 1.165) is 0 Å². The lowest BCUT2D eigenvalue weighted by Gasteiger charge is -2.09. The van der Waals surface area contributed by atoms with Crippen molar-refractivity contribution in [1.82, 2.24) is 9.78 Å². The molecule has 10 heteroatoms. The van der Waals surface area contributed by atoms with Crippen LogP contribution in [0.2, 0.25) is 0 Å². The minimum atomic E-state index is -3.84. The molecule has 0 aliphatic carbocycles. The molecule has 1 heterocycles. The van der Waals surface area contributed by atoms with Gasteiger partial charge in [0, 0.05) is 11.9 Å². The molecule has 0 aliphatic rings. The Bertz CT molecular complexity index is 1150. The Kier molecular flexibility index (Phi) is 6.17. The Morgan fingerprint density at radius 1 is 1.00 bits per heavy atom. The number of carbonyl (C=O) groups excluding carboxylic acids is 2. The normalized spacial score (nSPS) is 11.0. The fourth-order valence-corrected chi connectivity index (χ4v) is 3.62. The average molecular weight is 429 g/mol. The summed E-state index contributed by atoms with van der Waals surface area (Å²) in [7, 11) is -2.59. The van der Waals surface area contributed by atoms with Crippen molar-refractivity contribution in [1.29, 1.82) is 0 Å². The topological polar surface area (TPSA) is 117 Å². The fourth-order valence-electron chi connectivity index (χ4n) is 2.57. The maximum Gasteiger partial charge on any atom is 0.358 e. The van der Waals surface area contributed by atoms with E-state index in [1.165, 1.54) is 42.1 Å². The molecule has 9 nitrogen and oxygen atoms in total. The van der Waals surface area contributed by atoms with Gasteiger partial charge < -0.3 is 9.47 Å². The predicted molar refractivity (Wildman–Crippen MR) is 108 cm³/mol. The van der Waals surface area contributed by atoms with Crippen LogP contribution in [0.25, 0.3) is 5.69 Å². The number of sulfonamides is 1. The number of benzene rings is 2. The van der Waals surface area contributed by atoms with Gasteiger partial charge in [0.1, 0.15) is 0 Å². The molecule has 0 fully saturated rings. The van der Waals surface area contributed by atoms with Gasteiger partial charge in [0.15, 0.2) is 5.69 Å². The van der Waals surface area contributed by atoms with Crippen molar-refractivity contribution in [2.45, 2.75) is 11.8 Å². The van der Waals surface area contributed by atoms with Crippen molar-refractivity contribution >= 4 is 27.6 Å². The monoisotopic (exact) mass is 429 g/mol. The van der Waals surface area contributed by atoms with Gasteiger partial charge in [0.2, 0.25) is 0 Å². The zero-order valence-corrected chi connectivity index (χ0v) is 17.0. The highest BCUT2D eigenvalue weighted by atomic mass is 32.2. The number of hydrogen-bond donors (Lipinski definition) is 1. The van der Waals surface area contributed by atoms with E-state index in [4.69, 9.17) is 4.74 Å². The van der Waals surface area contributed by atoms with Crippen LogP contribution >= 0.6 is 0 Å². The molecule has 0 unspecified atom stereocenters. The molecule has 3 aromatic rings. The second-order valence-electron chi connectivity index (χ2n) is 6.03. The molecule has 3 rings (SSSR count). The van der Waals surface area contributed by atoms with E-state index in [2.05, 4.69) is 14.6 Å². The first-order chi connectivity index (χ1) is 14.3. The van der Waals surface area contributed by atoms with E-state index in [1.54, 1.807) is 37.4 Å². The van der Waals surface area contributed by atoms with Gasteiger partial charge in [0.05, 0.1) is 29.9 Å². The highest BCUT2D eigenvalue weighted by Gasteiger charge is 2.16. The smallest absolute Gasteiger partial charge is 0.358 e. The Labute approximate surface area is 173 Å². The van der Waals surface area contributed by atoms with Crippen LogP contribution in [0.15, 0.2) is 65.7 Å². The average Bonchev–Trinajstić information content (AvgIpc) is 3.24. The largest absolute Gasteiger partial charge is 0.465 e. The molecule has 0 spiro atoms. The van der Waals surface area contributed by atoms with E-state index in [1.807, 2.05) is 0 Å². The summed E-state index contributed by atoms with van der Waals surface area (Å²) in [5.74, 6) is -1.06. The van der Waals surface area contributed by atoms with E-state index >= 15 is 0 Å². The Morgan fingerprint density at radius 2 is 1.67 bits per heavy atom. The number of methoxy groups -OCH3 is 1. The number of hydrogen-bond acceptors (Lipinski definition) is 7. The number of ether oxygens (including phenoxy) is 2. The Hall–Kier alpha value is -3.66. The second kappa shape index (κ2) is 8.78. The number of nitrogens with one attached hydrogen (secondary N) is 1. The summed E-state index contributed by atoms with van der Waals surface area (Å²) in [6, 6.07) is 13.4. The first-order valence-corrected chi connectivity index (χ1v) is 10.4. The van der Waals surface area contributed by atoms with Gasteiger partial charge in [-0.15, -0.1) is 0 Å². The first kappa shape index (κ1) is 21.1. The van der Waals surface area contributed by atoms with Gasteiger partial charge >= 0.3 is 11.9 Å². The molecule has 0 amide bonds. The summed E-state index contributed by atoms with van der Waals surface area (Å²) in [5.41, 5.74) is 1.41. The molecule has 0 radical (unpaired) electrons. The van der Waals surface area contributed by atoms with E-state index in [-0.39, 0.29) is 22.8 Å². The van der Waals surface area contributed by atoms with Crippen LogP contribution in [0.1, 0.15) is 27.8 Å². The molecule has 0 bridgehead atoms. The lowest BCUT2D eigenvalue weighted by atomic mass is 10.2. The zero-order valence-electron chi connectivity index (χ0n) is 16.2. The molecule has 156 valence electrons. The third-order valence-electron chi connectivity index (χ3n) is 4.04. The summed E-state index contributed by atoms with van der Waals surface area (Å²) in [4.78, 5) is 23.2. The van der Waals surface area contributed by atoms with Crippen LogP contribution < -0.4 is 4.72 Å². The number of esters is 2. The van der Waals surface area contributed by atoms with Crippen molar-refractivity contribution in [3.63, 3.8) is 0 Å². The van der Waals surface area contributed by atoms with Gasteiger partial charge in [-0.25, -0.2) is 22.7 Å². The number of anilines is 1. The second-order valence-corrected chi connectivity index (χ2v) is 7.72. The van der Waals surface area contributed by atoms with Gasteiger partial charge in [0.25, 0.3) is 10.0 Å². The quantitative estimate of drug-likeness (QED) is 0.574. The SMILES string of the molecule is CCOC(=O)c1ccn(-c2ccc(NS(=O)(=O)c3ccc(C(=O)OC)cc3)cc2)n1. The summed E-state index contributed by atoms with van der Waals surface area (Å²) >= 11 is 0. The Balaban J connectivity index is 1.73. The molecule has 1 aromatic heterocycles. The maximum absolute atomic E-state index is 12.6. The lowest BCUT2D eigenvalue weighted by Crippen LogP contribution is -2.13. The molecule has 2 aromatic carbocycles. The molecule has 0 aliphatic heterocycles. The highest BCUT2D eigenvalue weighted by Crippen LogP contribution is 2.19. The summed E-state index contributed by atoms with van der Waals surface area (Å²) in [6.45, 7) is 1.97. The number of aromatic nitrogens is 2. The summed E-state index contributed by atoms with van der Waals surface area (Å²) < 4.78 is 38.5. The van der Waals surface area contributed by atoms with E-state index < -0.39 is 22.0 Å².